The van der Waals surface area contributed by atoms with Gasteiger partial charge in [0.25, 0.3) is 0 Å². The number of hydrogen-bond acceptors (Lipinski definition) is 4. The maximum atomic E-state index is 12.9. The Labute approximate surface area is 144 Å². The van der Waals surface area contributed by atoms with Crippen LogP contribution in [-0.4, -0.2) is 46.7 Å². The highest BCUT2D eigenvalue weighted by atomic mass is 32.2. The molecule has 2 heterocycles. The zero-order valence-electron chi connectivity index (χ0n) is 13.2. The zero-order chi connectivity index (χ0) is 17.1. The number of rotatable bonds is 5. The summed E-state index contributed by atoms with van der Waals surface area (Å²) in [5, 5.41) is 2.76. The van der Waals surface area contributed by atoms with Crippen molar-refractivity contribution in [3.05, 3.63) is 35.6 Å². The van der Waals surface area contributed by atoms with E-state index in [2.05, 4.69) is 5.32 Å². The molecule has 1 aromatic rings. The van der Waals surface area contributed by atoms with E-state index in [0.717, 1.165) is 11.3 Å². The highest BCUT2D eigenvalue weighted by Crippen LogP contribution is 2.22. The van der Waals surface area contributed by atoms with Crippen LogP contribution >= 0.6 is 11.8 Å². The monoisotopic (exact) mass is 350 g/mol. The van der Waals surface area contributed by atoms with E-state index in [1.165, 1.54) is 23.9 Å². The van der Waals surface area contributed by atoms with Gasteiger partial charge in [-0.05, 0) is 30.5 Å². The number of carbonyl (C=O) groups is 3. The number of benzene rings is 1. The van der Waals surface area contributed by atoms with Crippen molar-refractivity contribution in [3.63, 3.8) is 0 Å². The predicted molar refractivity (Wildman–Crippen MR) is 88.8 cm³/mol. The van der Waals surface area contributed by atoms with Crippen molar-refractivity contribution in [2.24, 2.45) is 5.92 Å². The van der Waals surface area contributed by atoms with Crippen LogP contribution in [0.4, 0.5) is 4.39 Å². The molecule has 2 atom stereocenters. The van der Waals surface area contributed by atoms with Crippen LogP contribution in [0.2, 0.25) is 0 Å². The average Bonchev–Trinajstić information content (AvgIpc) is 3.13. The lowest BCUT2D eigenvalue weighted by molar-refractivity contribution is -0.129. The molecule has 0 aromatic heterocycles. The van der Waals surface area contributed by atoms with Crippen LogP contribution in [-0.2, 0) is 20.8 Å². The van der Waals surface area contributed by atoms with Crippen LogP contribution in [0.5, 0.6) is 0 Å². The van der Waals surface area contributed by atoms with Gasteiger partial charge in [-0.1, -0.05) is 23.9 Å². The van der Waals surface area contributed by atoms with E-state index < -0.39 is 12.0 Å². The summed E-state index contributed by atoms with van der Waals surface area (Å²) in [4.78, 5) is 37.6. The van der Waals surface area contributed by atoms with Gasteiger partial charge in [-0.2, -0.15) is 0 Å². The Morgan fingerprint density at radius 2 is 2.04 bits per heavy atom. The Balaban J connectivity index is 1.50. The Morgan fingerprint density at radius 1 is 1.29 bits per heavy atom. The minimum atomic E-state index is -0.411. The molecule has 0 spiro atoms. The molecule has 0 aliphatic carbocycles. The molecule has 3 rings (SSSR count). The van der Waals surface area contributed by atoms with E-state index in [-0.39, 0.29) is 29.2 Å². The van der Waals surface area contributed by atoms with Gasteiger partial charge in [-0.25, -0.2) is 4.39 Å². The Bertz CT molecular complexity index is 650. The molecule has 2 amide bonds. The van der Waals surface area contributed by atoms with Crippen molar-refractivity contribution in [2.75, 3.05) is 18.8 Å². The minimum absolute atomic E-state index is 0.000777. The molecule has 5 nitrogen and oxygen atoms in total. The first-order chi connectivity index (χ1) is 11.5. The summed E-state index contributed by atoms with van der Waals surface area (Å²) in [6.45, 7) is 0.881. The molecule has 1 aromatic carbocycles. The second-order valence-electron chi connectivity index (χ2n) is 6.13. The van der Waals surface area contributed by atoms with Crippen LogP contribution in [0, 0.1) is 11.7 Å². The summed E-state index contributed by atoms with van der Waals surface area (Å²) >= 11 is 1.24. The molecular formula is C17H19FN2O3S. The fourth-order valence-electron chi connectivity index (χ4n) is 3.00. The van der Waals surface area contributed by atoms with Gasteiger partial charge in [0.1, 0.15) is 5.82 Å². The van der Waals surface area contributed by atoms with Crippen LogP contribution in [0.1, 0.15) is 18.4 Å². The second kappa shape index (κ2) is 7.34. The highest BCUT2D eigenvalue weighted by molar-refractivity contribution is 8.14. The molecule has 1 N–H and O–H groups in total. The average molecular weight is 350 g/mol. The summed E-state index contributed by atoms with van der Waals surface area (Å²) in [6, 6.07) is 5.78. The Kier molecular flexibility index (Phi) is 5.18. The predicted octanol–water partition coefficient (Wildman–Crippen LogP) is 1.36. The normalized spacial score (nSPS) is 23.8. The largest absolute Gasteiger partial charge is 0.345 e. The van der Waals surface area contributed by atoms with E-state index >= 15 is 0 Å². The first-order valence-electron chi connectivity index (χ1n) is 8.02. The summed E-state index contributed by atoms with van der Waals surface area (Å²) < 4.78 is 12.9. The van der Waals surface area contributed by atoms with Gasteiger partial charge in [-0.3, -0.25) is 14.4 Å². The van der Waals surface area contributed by atoms with Gasteiger partial charge in [0.05, 0.1) is 12.0 Å². The van der Waals surface area contributed by atoms with Crippen LogP contribution < -0.4 is 5.32 Å². The van der Waals surface area contributed by atoms with Gasteiger partial charge in [-0.15, -0.1) is 0 Å². The third kappa shape index (κ3) is 3.95. The lowest BCUT2D eigenvalue weighted by Gasteiger charge is -2.17. The van der Waals surface area contributed by atoms with Gasteiger partial charge < -0.3 is 10.2 Å². The highest BCUT2D eigenvalue weighted by Gasteiger charge is 2.36. The van der Waals surface area contributed by atoms with Crippen molar-refractivity contribution in [1.29, 1.82) is 0 Å². The van der Waals surface area contributed by atoms with Crippen molar-refractivity contribution in [2.45, 2.75) is 25.3 Å². The van der Waals surface area contributed by atoms with E-state index in [4.69, 9.17) is 0 Å². The molecule has 2 saturated heterocycles. The summed E-state index contributed by atoms with van der Waals surface area (Å²) in [5.41, 5.74) is 0.950. The molecule has 24 heavy (non-hydrogen) atoms. The Hall–Kier alpha value is -1.89. The van der Waals surface area contributed by atoms with E-state index in [0.29, 0.717) is 25.9 Å². The van der Waals surface area contributed by atoms with Crippen molar-refractivity contribution in [1.82, 2.24) is 10.2 Å². The molecular weight excluding hydrogens is 331 g/mol. The third-order valence-electron chi connectivity index (χ3n) is 4.42. The van der Waals surface area contributed by atoms with Gasteiger partial charge in [0.15, 0.2) is 0 Å². The fraction of sp³-hybridized carbons (Fsp3) is 0.471. The number of likely N-dealkylation sites (tertiary alicyclic amines) is 1. The maximum absolute atomic E-state index is 12.9. The SMILES string of the molecule is O=C(N[C@@H]1CCSC1=O)[C@H]1CC(=O)N(CCc2ccc(F)cc2)C1. The summed E-state index contributed by atoms with van der Waals surface area (Å²) in [7, 11) is 0. The van der Waals surface area contributed by atoms with Crippen molar-refractivity contribution in [3.8, 4) is 0 Å². The molecule has 2 aliphatic rings. The van der Waals surface area contributed by atoms with Crippen LogP contribution in [0.3, 0.4) is 0 Å². The number of amides is 2. The maximum Gasteiger partial charge on any atom is 0.226 e. The lowest BCUT2D eigenvalue weighted by Crippen LogP contribution is -2.41. The number of hydrogen-bond donors (Lipinski definition) is 1. The summed E-state index contributed by atoms with van der Waals surface area (Å²) in [6.07, 6.45) is 1.46. The molecule has 2 fully saturated rings. The second-order valence-corrected chi connectivity index (χ2v) is 7.23. The first kappa shape index (κ1) is 17.0. The molecule has 0 bridgehead atoms. The summed E-state index contributed by atoms with van der Waals surface area (Å²) in [5.74, 6) is -0.216. The third-order valence-corrected chi connectivity index (χ3v) is 5.43. The number of nitrogens with zero attached hydrogens (tertiary/aromatic N) is 1. The number of carbonyl (C=O) groups excluding carboxylic acids is 3. The van der Waals surface area contributed by atoms with E-state index in [9.17, 15) is 18.8 Å². The van der Waals surface area contributed by atoms with Crippen molar-refractivity contribution >= 4 is 28.7 Å². The van der Waals surface area contributed by atoms with Gasteiger partial charge in [0, 0.05) is 25.3 Å². The lowest BCUT2D eigenvalue weighted by atomic mass is 10.1. The molecule has 0 saturated carbocycles. The standard InChI is InChI=1S/C17H19FN2O3S/c18-13-3-1-11(2-4-13)5-7-20-10-12(9-15(20)21)16(22)19-14-6-8-24-17(14)23/h1-4,12,14H,5-10H2,(H,19,22)/t12-,14+/m0/s1. The van der Waals surface area contributed by atoms with Crippen molar-refractivity contribution < 1.29 is 18.8 Å². The van der Waals surface area contributed by atoms with Crippen LogP contribution in [0.25, 0.3) is 0 Å². The first-order valence-corrected chi connectivity index (χ1v) is 9.01. The van der Waals surface area contributed by atoms with Crippen LogP contribution in [0.15, 0.2) is 24.3 Å². The number of halogens is 1. The fourth-order valence-corrected chi connectivity index (χ4v) is 3.93. The van der Waals surface area contributed by atoms with Gasteiger partial charge >= 0.3 is 0 Å². The number of thioether (sulfide) groups is 1. The topological polar surface area (TPSA) is 66.5 Å². The smallest absolute Gasteiger partial charge is 0.226 e. The van der Waals surface area contributed by atoms with Gasteiger partial charge in [0.2, 0.25) is 16.9 Å². The zero-order valence-corrected chi connectivity index (χ0v) is 14.0. The minimum Gasteiger partial charge on any atom is -0.345 e. The molecule has 128 valence electrons. The molecule has 7 heteroatoms. The van der Waals surface area contributed by atoms with E-state index in [1.54, 1.807) is 17.0 Å². The quantitative estimate of drug-likeness (QED) is 0.871. The molecule has 0 radical (unpaired) electrons. The number of nitrogens with one attached hydrogen (secondary N) is 1. The van der Waals surface area contributed by atoms with E-state index in [1.807, 2.05) is 0 Å². The molecule has 0 unspecified atom stereocenters. The Morgan fingerprint density at radius 3 is 2.71 bits per heavy atom. The molecule has 2 aliphatic heterocycles.